The number of nitrogens with zero attached hydrogens (tertiary/aromatic N) is 1. The second-order valence-corrected chi connectivity index (χ2v) is 9.74. The zero-order valence-corrected chi connectivity index (χ0v) is 20.1. The summed E-state index contributed by atoms with van der Waals surface area (Å²) in [7, 11) is 0. The highest BCUT2D eigenvalue weighted by atomic mass is 15.2. The number of hydrogen-bond acceptors (Lipinski definition) is 1. The summed E-state index contributed by atoms with van der Waals surface area (Å²) in [4.78, 5) is 2.51. The number of allylic oxidation sites excluding steroid dienone is 4. The van der Waals surface area contributed by atoms with Crippen molar-refractivity contribution in [2.45, 2.75) is 52.9 Å². The van der Waals surface area contributed by atoms with Gasteiger partial charge in [0.05, 0.1) is 0 Å². The Morgan fingerprint density at radius 1 is 0.844 bits per heavy atom. The van der Waals surface area contributed by atoms with E-state index in [0.29, 0.717) is 5.92 Å². The lowest BCUT2D eigenvalue weighted by Crippen LogP contribution is -2.26. The number of hydrogen-bond donors (Lipinski definition) is 0. The maximum Gasteiger partial charge on any atom is 0.0493 e. The van der Waals surface area contributed by atoms with Crippen LogP contribution in [0.2, 0.25) is 0 Å². The van der Waals surface area contributed by atoms with Gasteiger partial charge in [-0.15, -0.1) is 0 Å². The highest BCUT2D eigenvalue weighted by Gasteiger charge is 2.28. The van der Waals surface area contributed by atoms with Crippen LogP contribution < -0.4 is 4.90 Å². The molecular weight excluding hydrogens is 386 g/mol. The molecule has 1 aliphatic rings. The van der Waals surface area contributed by atoms with Gasteiger partial charge in [0.1, 0.15) is 0 Å². The van der Waals surface area contributed by atoms with Crippen LogP contribution in [0, 0.1) is 5.92 Å². The van der Waals surface area contributed by atoms with Crippen molar-refractivity contribution >= 4 is 11.4 Å². The number of rotatable bonds is 6. The number of benzene rings is 3. The Morgan fingerprint density at radius 3 is 1.91 bits per heavy atom. The summed E-state index contributed by atoms with van der Waals surface area (Å²) in [6, 6.07) is 28.6. The third-order valence-electron chi connectivity index (χ3n) is 6.60. The Morgan fingerprint density at radius 2 is 1.38 bits per heavy atom. The molecule has 4 rings (SSSR count). The van der Waals surface area contributed by atoms with Gasteiger partial charge < -0.3 is 4.90 Å². The van der Waals surface area contributed by atoms with Crippen molar-refractivity contribution in [2.24, 2.45) is 5.92 Å². The first kappa shape index (κ1) is 22.1. The van der Waals surface area contributed by atoms with Gasteiger partial charge in [-0.3, -0.25) is 0 Å². The van der Waals surface area contributed by atoms with E-state index < -0.39 is 0 Å². The molecule has 0 spiro atoms. The van der Waals surface area contributed by atoms with Crippen LogP contribution in [0.3, 0.4) is 0 Å². The fraction of sp³-hybridized carbons (Fsp3) is 0.290. The first-order chi connectivity index (χ1) is 15.4. The minimum atomic E-state index is -0.0763. The van der Waals surface area contributed by atoms with E-state index in [-0.39, 0.29) is 5.41 Å². The van der Waals surface area contributed by atoms with E-state index in [1.54, 1.807) is 0 Å². The first-order valence-electron chi connectivity index (χ1n) is 11.8. The summed E-state index contributed by atoms with van der Waals surface area (Å²) in [5.74, 6) is 0.556. The largest absolute Gasteiger partial charge is 0.314 e. The summed E-state index contributed by atoms with van der Waals surface area (Å²) >= 11 is 0. The molecule has 32 heavy (non-hydrogen) atoms. The summed E-state index contributed by atoms with van der Waals surface area (Å²) in [6.45, 7) is 11.5. The van der Waals surface area contributed by atoms with Gasteiger partial charge in [-0.2, -0.15) is 0 Å². The van der Waals surface area contributed by atoms with Gasteiger partial charge in [0.2, 0.25) is 0 Å². The van der Waals surface area contributed by atoms with E-state index in [2.05, 4.69) is 131 Å². The number of fused-ring (bicyclic) bond motifs is 2. The fourth-order valence-electron chi connectivity index (χ4n) is 4.86. The van der Waals surface area contributed by atoms with Crippen LogP contribution in [0.15, 0.2) is 102 Å². The molecule has 1 heterocycles. The molecule has 0 aliphatic carbocycles. The van der Waals surface area contributed by atoms with Gasteiger partial charge in [-0.25, -0.2) is 0 Å². The molecular formula is C31H35N. The van der Waals surface area contributed by atoms with Crippen LogP contribution in [-0.2, 0) is 11.8 Å². The third-order valence-corrected chi connectivity index (χ3v) is 6.60. The summed E-state index contributed by atoms with van der Waals surface area (Å²) in [5, 5.41) is 0. The Balaban J connectivity index is 1.87. The zero-order valence-electron chi connectivity index (χ0n) is 20.1. The van der Waals surface area contributed by atoms with Gasteiger partial charge in [-0.05, 0) is 59.7 Å². The van der Waals surface area contributed by atoms with Gasteiger partial charge in [-0.1, -0.05) is 101 Å². The Bertz CT molecular complexity index is 1090. The highest BCUT2D eigenvalue weighted by Crippen LogP contribution is 2.43. The van der Waals surface area contributed by atoms with Crippen LogP contribution in [0.1, 0.15) is 57.7 Å². The number of anilines is 2. The summed E-state index contributed by atoms with van der Waals surface area (Å²) in [5.41, 5.74) is 9.38. The molecule has 0 radical (unpaired) electrons. The molecule has 164 valence electrons. The van der Waals surface area contributed by atoms with Crippen LogP contribution in [-0.4, -0.2) is 0 Å². The molecule has 0 aromatic heterocycles. The summed E-state index contributed by atoms with van der Waals surface area (Å²) in [6.07, 6.45) is 6.75. The molecule has 3 aromatic carbocycles. The predicted molar refractivity (Wildman–Crippen MR) is 139 cm³/mol. The van der Waals surface area contributed by atoms with Crippen molar-refractivity contribution in [1.82, 2.24) is 0 Å². The average Bonchev–Trinajstić information content (AvgIpc) is 2.80. The molecule has 0 N–H and O–H groups in total. The van der Waals surface area contributed by atoms with Gasteiger partial charge >= 0.3 is 0 Å². The van der Waals surface area contributed by atoms with Gasteiger partial charge in [0.25, 0.3) is 0 Å². The third kappa shape index (κ3) is 4.30. The average molecular weight is 422 g/mol. The van der Waals surface area contributed by atoms with E-state index in [1.165, 1.54) is 39.3 Å². The molecule has 3 aromatic rings. The lowest BCUT2D eigenvalue weighted by Gasteiger charge is -2.37. The molecule has 0 fully saturated rings. The Labute approximate surface area is 194 Å². The second-order valence-electron chi connectivity index (χ2n) is 9.74. The molecule has 0 saturated carbocycles. The molecule has 0 unspecified atom stereocenters. The van der Waals surface area contributed by atoms with Crippen molar-refractivity contribution in [2.75, 3.05) is 4.90 Å². The Hall–Kier alpha value is -3.06. The second kappa shape index (κ2) is 9.20. The predicted octanol–water partition coefficient (Wildman–Crippen LogP) is 8.58. The monoisotopic (exact) mass is 421 g/mol. The van der Waals surface area contributed by atoms with E-state index in [9.17, 15) is 0 Å². The maximum atomic E-state index is 2.51. The van der Waals surface area contributed by atoms with E-state index in [4.69, 9.17) is 0 Å². The topological polar surface area (TPSA) is 3.24 Å². The minimum Gasteiger partial charge on any atom is -0.314 e. The molecule has 1 aliphatic heterocycles. The molecule has 1 nitrogen and oxygen atoms in total. The fourth-order valence-corrected chi connectivity index (χ4v) is 4.86. The summed E-state index contributed by atoms with van der Waals surface area (Å²) < 4.78 is 0. The smallest absolute Gasteiger partial charge is 0.0493 e. The van der Waals surface area contributed by atoms with Crippen LogP contribution in [0.25, 0.3) is 0 Å². The van der Waals surface area contributed by atoms with E-state index in [0.717, 1.165) is 12.8 Å². The van der Waals surface area contributed by atoms with Gasteiger partial charge in [0, 0.05) is 28.9 Å². The molecule has 1 heteroatoms. The highest BCUT2D eigenvalue weighted by molar-refractivity contribution is 5.78. The quantitative estimate of drug-likeness (QED) is 0.360. The normalized spacial score (nSPS) is 14.4. The van der Waals surface area contributed by atoms with E-state index in [1.807, 2.05) is 0 Å². The van der Waals surface area contributed by atoms with Crippen molar-refractivity contribution < 1.29 is 0 Å². The van der Waals surface area contributed by atoms with Crippen molar-refractivity contribution in [3.8, 4) is 0 Å². The molecule has 0 atom stereocenters. The van der Waals surface area contributed by atoms with Crippen LogP contribution in [0.5, 0.6) is 0 Å². The van der Waals surface area contributed by atoms with Crippen LogP contribution >= 0.6 is 0 Å². The zero-order chi connectivity index (χ0) is 22.7. The van der Waals surface area contributed by atoms with Crippen molar-refractivity contribution in [1.29, 1.82) is 0 Å². The lowest BCUT2D eigenvalue weighted by molar-refractivity contribution is 0.618. The van der Waals surface area contributed by atoms with Gasteiger partial charge in [0.15, 0.2) is 0 Å². The van der Waals surface area contributed by atoms with Crippen LogP contribution in [0.4, 0.5) is 11.4 Å². The lowest BCUT2D eigenvalue weighted by atomic mass is 9.76. The van der Waals surface area contributed by atoms with E-state index >= 15 is 0 Å². The molecule has 0 bridgehead atoms. The maximum absolute atomic E-state index is 2.51. The molecule has 0 amide bonds. The first-order valence-corrected chi connectivity index (χ1v) is 11.8. The molecule has 0 saturated heterocycles. The Kier molecular flexibility index (Phi) is 6.37. The minimum absolute atomic E-state index is 0.0763. The van der Waals surface area contributed by atoms with Crippen molar-refractivity contribution in [3.05, 3.63) is 119 Å². The SMILES string of the molecule is C/C=C(/C=C(\CC(C)C)N1c2ccccc2Cc2ccccc21)C(C)(C)c1ccccc1. The van der Waals surface area contributed by atoms with Crippen molar-refractivity contribution in [3.63, 3.8) is 0 Å². The standard InChI is InChI=1S/C31H35N/c1-6-26(31(4,5)27-16-8-7-9-17-27)22-28(20-23(2)3)32-29-18-12-10-14-24(29)21-25-15-11-13-19-30(25)32/h6-19,22-23H,20-21H2,1-5H3/b26-6-,28-22+. The number of para-hydroxylation sites is 2.